The average molecular weight is 296 g/mol. The van der Waals surface area contributed by atoms with Crippen LogP contribution in [0.25, 0.3) is 0 Å². The molecule has 5 heteroatoms. The molecule has 0 aromatic carbocycles. The normalized spacial score (nSPS) is 31.3. The molecular weight excluding hydrogens is 276 g/mol. The van der Waals surface area contributed by atoms with Crippen molar-refractivity contribution in [3.8, 4) is 0 Å². The SMILES string of the molecule is CCC1NC(c2ccsc2)N(CC2CCCS2)C1=O. The van der Waals surface area contributed by atoms with E-state index in [2.05, 4.69) is 34.0 Å². The van der Waals surface area contributed by atoms with Crippen LogP contribution in [0.15, 0.2) is 16.8 Å². The maximum absolute atomic E-state index is 12.5. The molecular formula is C14H20N2OS2. The van der Waals surface area contributed by atoms with Crippen molar-refractivity contribution in [2.45, 2.75) is 43.6 Å². The molecule has 0 spiro atoms. The van der Waals surface area contributed by atoms with Gasteiger partial charge in [-0.25, -0.2) is 0 Å². The number of rotatable bonds is 4. The van der Waals surface area contributed by atoms with Gasteiger partial charge < -0.3 is 4.90 Å². The Bertz CT molecular complexity index is 429. The predicted molar refractivity (Wildman–Crippen MR) is 81.5 cm³/mol. The lowest BCUT2D eigenvalue weighted by Gasteiger charge is -2.26. The number of hydrogen-bond acceptors (Lipinski definition) is 4. The molecule has 0 radical (unpaired) electrons. The van der Waals surface area contributed by atoms with E-state index >= 15 is 0 Å². The van der Waals surface area contributed by atoms with Gasteiger partial charge in [-0.15, -0.1) is 0 Å². The number of hydrogen-bond donors (Lipinski definition) is 1. The predicted octanol–water partition coefficient (Wildman–Crippen LogP) is 2.85. The van der Waals surface area contributed by atoms with E-state index in [0.717, 1.165) is 13.0 Å². The Morgan fingerprint density at radius 2 is 2.42 bits per heavy atom. The second-order valence-corrected chi connectivity index (χ2v) is 7.40. The lowest BCUT2D eigenvalue weighted by molar-refractivity contribution is -0.130. The summed E-state index contributed by atoms with van der Waals surface area (Å²) in [5.74, 6) is 1.53. The lowest BCUT2D eigenvalue weighted by Crippen LogP contribution is -2.35. The number of carbonyl (C=O) groups excluding carboxylic acids is 1. The largest absolute Gasteiger partial charge is 0.320 e. The first-order valence-corrected chi connectivity index (χ1v) is 8.99. The minimum Gasteiger partial charge on any atom is -0.320 e. The first-order chi connectivity index (χ1) is 9.29. The minimum atomic E-state index is -0.00342. The fourth-order valence-corrected chi connectivity index (χ4v) is 4.83. The molecule has 104 valence electrons. The summed E-state index contributed by atoms with van der Waals surface area (Å²) in [6.07, 6.45) is 3.51. The Kier molecular flexibility index (Phi) is 4.15. The number of amides is 1. The van der Waals surface area contributed by atoms with Crippen LogP contribution in [0.2, 0.25) is 0 Å². The van der Waals surface area contributed by atoms with Gasteiger partial charge in [0.1, 0.15) is 6.17 Å². The van der Waals surface area contributed by atoms with Crippen LogP contribution in [0.1, 0.15) is 37.9 Å². The molecule has 3 heterocycles. The zero-order chi connectivity index (χ0) is 13.2. The van der Waals surface area contributed by atoms with Crippen molar-refractivity contribution in [2.24, 2.45) is 0 Å². The van der Waals surface area contributed by atoms with Crippen molar-refractivity contribution < 1.29 is 4.79 Å². The fourth-order valence-electron chi connectivity index (χ4n) is 2.88. The molecule has 2 fully saturated rings. The molecule has 2 aliphatic rings. The van der Waals surface area contributed by atoms with Crippen LogP contribution >= 0.6 is 23.1 Å². The molecule has 3 nitrogen and oxygen atoms in total. The van der Waals surface area contributed by atoms with Gasteiger partial charge in [-0.05, 0) is 47.4 Å². The Morgan fingerprint density at radius 3 is 3.05 bits per heavy atom. The molecule has 3 atom stereocenters. The van der Waals surface area contributed by atoms with Gasteiger partial charge in [-0.1, -0.05) is 6.92 Å². The monoisotopic (exact) mass is 296 g/mol. The van der Waals surface area contributed by atoms with Crippen LogP contribution in [-0.2, 0) is 4.79 Å². The first kappa shape index (κ1) is 13.5. The van der Waals surface area contributed by atoms with Crippen molar-refractivity contribution in [1.82, 2.24) is 10.2 Å². The molecule has 2 aliphatic heterocycles. The Labute approximate surface area is 122 Å². The molecule has 2 saturated heterocycles. The van der Waals surface area contributed by atoms with Crippen LogP contribution < -0.4 is 5.32 Å². The van der Waals surface area contributed by atoms with Crippen LogP contribution in [0.4, 0.5) is 0 Å². The number of thiophene rings is 1. The minimum absolute atomic E-state index is 0.00342. The summed E-state index contributed by atoms with van der Waals surface area (Å²) in [6.45, 7) is 2.97. The van der Waals surface area contributed by atoms with Gasteiger partial charge in [0, 0.05) is 11.8 Å². The topological polar surface area (TPSA) is 32.3 Å². The van der Waals surface area contributed by atoms with Crippen molar-refractivity contribution in [1.29, 1.82) is 0 Å². The maximum atomic E-state index is 12.5. The van der Waals surface area contributed by atoms with E-state index in [0.29, 0.717) is 5.25 Å². The van der Waals surface area contributed by atoms with E-state index in [-0.39, 0.29) is 18.1 Å². The first-order valence-electron chi connectivity index (χ1n) is 7.00. The Hall–Kier alpha value is -0.520. The molecule has 1 N–H and O–H groups in total. The standard InChI is InChI=1S/C14H20N2OS2/c1-2-12-14(17)16(8-11-4-3-6-19-11)13(15-12)10-5-7-18-9-10/h5,7,9,11-13,15H,2-4,6,8H2,1H3. The molecule has 1 aromatic heterocycles. The molecule has 0 saturated carbocycles. The summed E-state index contributed by atoms with van der Waals surface area (Å²) < 4.78 is 0. The number of thioether (sulfide) groups is 1. The van der Waals surface area contributed by atoms with Crippen molar-refractivity contribution in [3.63, 3.8) is 0 Å². The smallest absolute Gasteiger partial charge is 0.241 e. The van der Waals surface area contributed by atoms with Gasteiger partial charge in [0.05, 0.1) is 6.04 Å². The third-order valence-electron chi connectivity index (χ3n) is 3.94. The third kappa shape index (κ3) is 2.69. The molecule has 1 aromatic rings. The summed E-state index contributed by atoms with van der Waals surface area (Å²) >= 11 is 3.72. The van der Waals surface area contributed by atoms with E-state index < -0.39 is 0 Å². The van der Waals surface area contributed by atoms with E-state index in [1.165, 1.54) is 24.2 Å². The summed E-state index contributed by atoms with van der Waals surface area (Å²) in [5.41, 5.74) is 1.23. The van der Waals surface area contributed by atoms with E-state index in [9.17, 15) is 4.79 Å². The molecule has 1 amide bonds. The number of nitrogens with one attached hydrogen (secondary N) is 1. The van der Waals surface area contributed by atoms with Crippen LogP contribution in [0.3, 0.4) is 0 Å². The average Bonchev–Trinajstić information content (AvgIpc) is 3.13. The molecule has 0 bridgehead atoms. The molecule has 3 rings (SSSR count). The van der Waals surface area contributed by atoms with Crippen LogP contribution in [-0.4, -0.2) is 34.4 Å². The summed E-state index contributed by atoms with van der Waals surface area (Å²) in [5, 5.41) is 8.36. The van der Waals surface area contributed by atoms with Crippen molar-refractivity contribution in [2.75, 3.05) is 12.3 Å². The molecule has 0 aliphatic carbocycles. The van der Waals surface area contributed by atoms with Gasteiger partial charge in [0.25, 0.3) is 0 Å². The zero-order valence-corrected chi connectivity index (χ0v) is 12.8. The van der Waals surface area contributed by atoms with Gasteiger partial charge in [0.15, 0.2) is 0 Å². The van der Waals surface area contributed by atoms with Crippen molar-refractivity contribution in [3.05, 3.63) is 22.4 Å². The number of nitrogens with zero attached hydrogens (tertiary/aromatic N) is 1. The number of carbonyl (C=O) groups is 1. The van der Waals surface area contributed by atoms with E-state index in [4.69, 9.17) is 0 Å². The van der Waals surface area contributed by atoms with Gasteiger partial charge in [0.2, 0.25) is 5.91 Å². The van der Waals surface area contributed by atoms with Crippen molar-refractivity contribution >= 4 is 29.0 Å². The fraction of sp³-hybridized carbons (Fsp3) is 0.643. The van der Waals surface area contributed by atoms with E-state index in [1.807, 2.05) is 11.8 Å². The second-order valence-electron chi connectivity index (χ2n) is 5.21. The highest BCUT2D eigenvalue weighted by Gasteiger charge is 2.39. The maximum Gasteiger partial charge on any atom is 0.241 e. The Morgan fingerprint density at radius 1 is 1.53 bits per heavy atom. The quantitative estimate of drug-likeness (QED) is 0.927. The highest BCUT2D eigenvalue weighted by molar-refractivity contribution is 8.00. The highest BCUT2D eigenvalue weighted by Crippen LogP contribution is 2.33. The summed E-state index contributed by atoms with van der Waals surface area (Å²) in [4.78, 5) is 14.6. The highest BCUT2D eigenvalue weighted by atomic mass is 32.2. The Balaban J connectivity index is 1.77. The summed E-state index contributed by atoms with van der Waals surface area (Å²) in [7, 11) is 0. The summed E-state index contributed by atoms with van der Waals surface area (Å²) in [6, 6.07) is 2.12. The van der Waals surface area contributed by atoms with Gasteiger partial charge >= 0.3 is 0 Å². The lowest BCUT2D eigenvalue weighted by atomic mass is 10.2. The van der Waals surface area contributed by atoms with Gasteiger partial charge in [-0.2, -0.15) is 23.1 Å². The van der Waals surface area contributed by atoms with Gasteiger partial charge in [-0.3, -0.25) is 10.1 Å². The zero-order valence-electron chi connectivity index (χ0n) is 11.2. The van der Waals surface area contributed by atoms with E-state index in [1.54, 1.807) is 11.3 Å². The third-order valence-corrected chi connectivity index (χ3v) is 6.03. The molecule has 3 unspecified atom stereocenters. The second kappa shape index (κ2) is 5.85. The molecule has 19 heavy (non-hydrogen) atoms. The van der Waals surface area contributed by atoms with Crippen LogP contribution in [0, 0.1) is 0 Å². The van der Waals surface area contributed by atoms with Crippen LogP contribution in [0.5, 0.6) is 0 Å².